The number of rotatable bonds is 1. The van der Waals surface area contributed by atoms with Gasteiger partial charge in [0.25, 0.3) is 0 Å². The second kappa shape index (κ2) is 5.76. The van der Waals surface area contributed by atoms with Gasteiger partial charge < -0.3 is 0 Å². The molecule has 94 valence electrons. The van der Waals surface area contributed by atoms with E-state index in [9.17, 15) is 0 Å². The van der Waals surface area contributed by atoms with E-state index in [0.29, 0.717) is 5.38 Å². The van der Waals surface area contributed by atoms with Gasteiger partial charge in [-0.25, -0.2) is 0 Å². The van der Waals surface area contributed by atoms with Crippen LogP contribution < -0.4 is 0 Å². The lowest BCUT2D eigenvalue weighted by molar-refractivity contribution is 0.149. The van der Waals surface area contributed by atoms with Gasteiger partial charge in [-0.3, -0.25) is 0 Å². The fraction of sp³-hybridized carbons (Fsp3) is 1.00. The minimum atomic E-state index is 0.472. The summed E-state index contributed by atoms with van der Waals surface area (Å²) < 4.78 is 0. The molecule has 4 atom stereocenters. The first-order valence-electron chi connectivity index (χ1n) is 7.29. The summed E-state index contributed by atoms with van der Waals surface area (Å²) in [6, 6.07) is 0. The Labute approximate surface area is 106 Å². The number of hydrogen-bond donors (Lipinski definition) is 0. The fourth-order valence-electron chi connectivity index (χ4n) is 4.16. The van der Waals surface area contributed by atoms with Crippen LogP contribution in [0, 0.1) is 23.7 Å². The fourth-order valence-corrected chi connectivity index (χ4v) is 4.54. The van der Waals surface area contributed by atoms with Crippen molar-refractivity contribution >= 4 is 11.6 Å². The van der Waals surface area contributed by atoms with Crippen molar-refractivity contribution in [3.05, 3.63) is 0 Å². The van der Waals surface area contributed by atoms with Crippen LogP contribution in [0.15, 0.2) is 0 Å². The summed E-state index contributed by atoms with van der Waals surface area (Å²) in [4.78, 5) is 0. The first-order valence-corrected chi connectivity index (χ1v) is 7.73. The predicted molar refractivity (Wildman–Crippen MR) is 71.9 cm³/mol. The lowest BCUT2D eigenvalue weighted by Crippen LogP contribution is -2.26. The van der Waals surface area contributed by atoms with Crippen molar-refractivity contribution in [2.45, 2.75) is 70.6 Å². The van der Waals surface area contributed by atoms with Crippen LogP contribution in [0.4, 0.5) is 0 Å². The van der Waals surface area contributed by atoms with Gasteiger partial charge in [-0.1, -0.05) is 33.1 Å². The van der Waals surface area contributed by atoms with E-state index in [2.05, 4.69) is 13.8 Å². The zero-order valence-electron chi connectivity index (χ0n) is 10.9. The molecular formula is C15H27Cl. The smallest absolute Gasteiger partial charge is 0.0338 e. The third-order valence-electron chi connectivity index (χ3n) is 4.78. The Hall–Kier alpha value is 0.290. The molecule has 0 aromatic rings. The van der Waals surface area contributed by atoms with Crippen molar-refractivity contribution in [3.8, 4) is 0 Å². The normalized spacial score (nSPS) is 46.3. The van der Waals surface area contributed by atoms with E-state index in [1.165, 1.54) is 51.4 Å². The van der Waals surface area contributed by atoms with Crippen LogP contribution in [0.1, 0.15) is 65.2 Å². The van der Waals surface area contributed by atoms with E-state index in [4.69, 9.17) is 11.6 Å². The number of halogens is 1. The van der Waals surface area contributed by atoms with Crippen molar-refractivity contribution < 1.29 is 0 Å². The zero-order valence-corrected chi connectivity index (χ0v) is 11.7. The highest BCUT2D eigenvalue weighted by Crippen LogP contribution is 2.42. The maximum Gasteiger partial charge on any atom is 0.0338 e. The molecule has 2 aliphatic rings. The summed E-state index contributed by atoms with van der Waals surface area (Å²) >= 11 is 6.41. The number of hydrogen-bond acceptors (Lipinski definition) is 0. The van der Waals surface area contributed by atoms with Gasteiger partial charge in [-0.2, -0.15) is 0 Å². The summed E-state index contributed by atoms with van der Waals surface area (Å²) in [5.41, 5.74) is 0. The highest BCUT2D eigenvalue weighted by molar-refractivity contribution is 6.20. The average molecular weight is 243 g/mol. The topological polar surface area (TPSA) is 0 Å². The first kappa shape index (κ1) is 12.7. The van der Waals surface area contributed by atoms with Crippen LogP contribution in [0.25, 0.3) is 0 Å². The molecule has 0 spiro atoms. The van der Waals surface area contributed by atoms with Crippen molar-refractivity contribution in [3.63, 3.8) is 0 Å². The van der Waals surface area contributed by atoms with Gasteiger partial charge in [-0.15, -0.1) is 11.6 Å². The first-order chi connectivity index (χ1) is 7.65. The Morgan fingerprint density at radius 1 is 0.750 bits per heavy atom. The van der Waals surface area contributed by atoms with Crippen LogP contribution in [-0.4, -0.2) is 5.38 Å². The van der Waals surface area contributed by atoms with Gasteiger partial charge in [0.15, 0.2) is 0 Å². The van der Waals surface area contributed by atoms with Crippen LogP contribution in [0.3, 0.4) is 0 Å². The standard InChI is InChI=1S/C15H27Cl/c1-11-7-12(2)9-14(8-11)13-5-3-4-6-15(16)10-13/h11-15H,3-10H2,1-2H3. The molecule has 16 heavy (non-hydrogen) atoms. The van der Waals surface area contributed by atoms with E-state index in [0.717, 1.165) is 23.7 Å². The molecule has 0 N–H and O–H groups in total. The maximum absolute atomic E-state index is 6.41. The second-order valence-corrected chi connectivity index (χ2v) is 7.17. The van der Waals surface area contributed by atoms with Crippen LogP contribution in [0.2, 0.25) is 0 Å². The van der Waals surface area contributed by atoms with Crippen molar-refractivity contribution in [1.29, 1.82) is 0 Å². The number of alkyl halides is 1. The lowest BCUT2D eigenvalue weighted by atomic mass is 9.70. The zero-order chi connectivity index (χ0) is 11.5. The van der Waals surface area contributed by atoms with Crippen molar-refractivity contribution in [2.75, 3.05) is 0 Å². The van der Waals surface area contributed by atoms with Gasteiger partial charge in [0.1, 0.15) is 0 Å². The molecule has 0 bridgehead atoms. The summed E-state index contributed by atoms with van der Waals surface area (Å²) in [7, 11) is 0. The Kier molecular flexibility index (Phi) is 4.58. The van der Waals surface area contributed by atoms with E-state index in [1.807, 2.05) is 0 Å². The quantitative estimate of drug-likeness (QED) is 0.435. The minimum absolute atomic E-state index is 0.472. The summed E-state index contributed by atoms with van der Waals surface area (Å²) in [6.07, 6.45) is 11.2. The van der Waals surface area contributed by atoms with Gasteiger partial charge in [-0.05, 0) is 55.8 Å². The van der Waals surface area contributed by atoms with E-state index < -0.39 is 0 Å². The largest absolute Gasteiger partial charge is 0.123 e. The molecule has 0 amide bonds. The minimum Gasteiger partial charge on any atom is -0.123 e. The molecule has 4 unspecified atom stereocenters. The van der Waals surface area contributed by atoms with Crippen LogP contribution in [-0.2, 0) is 0 Å². The molecule has 0 aliphatic heterocycles. The van der Waals surface area contributed by atoms with Crippen molar-refractivity contribution in [2.24, 2.45) is 23.7 Å². The molecule has 2 saturated carbocycles. The predicted octanol–water partition coefficient (Wildman–Crippen LogP) is 5.25. The summed E-state index contributed by atoms with van der Waals surface area (Å²) in [5.74, 6) is 3.82. The van der Waals surface area contributed by atoms with Gasteiger partial charge in [0.05, 0.1) is 0 Å². The Bertz CT molecular complexity index is 203. The molecule has 2 aliphatic carbocycles. The van der Waals surface area contributed by atoms with E-state index >= 15 is 0 Å². The van der Waals surface area contributed by atoms with Crippen LogP contribution >= 0.6 is 11.6 Å². The molecule has 0 nitrogen and oxygen atoms in total. The molecule has 0 radical (unpaired) electrons. The van der Waals surface area contributed by atoms with Crippen LogP contribution in [0.5, 0.6) is 0 Å². The Morgan fingerprint density at radius 2 is 1.38 bits per heavy atom. The highest BCUT2D eigenvalue weighted by atomic mass is 35.5. The maximum atomic E-state index is 6.41. The molecule has 1 heteroatoms. The SMILES string of the molecule is CC1CC(C)CC(C2CCCCC(Cl)C2)C1. The molecule has 0 aromatic carbocycles. The van der Waals surface area contributed by atoms with Crippen molar-refractivity contribution in [1.82, 2.24) is 0 Å². The van der Waals surface area contributed by atoms with E-state index in [1.54, 1.807) is 0 Å². The molecule has 2 fully saturated rings. The highest BCUT2D eigenvalue weighted by Gasteiger charge is 2.31. The second-order valence-electron chi connectivity index (χ2n) is 6.56. The molecular weight excluding hydrogens is 216 g/mol. The van der Waals surface area contributed by atoms with Gasteiger partial charge in [0, 0.05) is 5.38 Å². The monoisotopic (exact) mass is 242 g/mol. The van der Waals surface area contributed by atoms with Gasteiger partial charge in [0.2, 0.25) is 0 Å². The van der Waals surface area contributed by atoms with Gasteiger partial charge >= 0.3 is 0 Å². The molecule has 0 heterocycles. The third kappa shape index (κ3) is 3.39. The summed E-state index contributed by atoms with van der Waals surface area (Å²) in [5, 5.41) is 0.472. The molecule has 2 rings (SSSR count). The third-order valence-corrected chi connectivity index (χ3v) is 5.18. The molecule has 0 aromatic heterocycles. The molecule has 0 saturated heterocycles. The lowest BCUT2D eigenvalue weighted by Gasteiger charge is -2.36. The summed E-state index contributed by atoms with van der Waals surface area (Å²) in [6.45, 7) is 4.88. The van der Waals surface area contributed by atoms with E-state index in [-0.39, 0.29) is 0 Å². The average Bonchev–Trinajstić information content (AvgIpc) is 2.41. The Morgan fingerprint density at radius 3 is 2.06 bits per heavy atom. The Balaban J connectivity index is 1.93.